The van der Waals surface area contributed by atoms with Crippen molar-refractivity contribution in [2.45, 2.75) is 19.4 Å². The fourth-order valence-corrected chi connectivity index (χ4v) is 3.89. The summed E-state index contributed by atoms with van der Waals surface area (Å²) in [5, 5.41) is 13.8. The minimum atomic E-state index is -0.657. The minimum absolute atomic E-state index is 0. The Morgan fingerprint density at radius 1 is 1.23 bits per heavy atom. The Hall–Kier alpha value is -2.67. The second-order valence-corrected chi connectivity index (χ2v) is 7.51. The van der Waals surface area contributed by atoms with Crippen LogP contribution in [-0.2, 0) is 0 Å². The van der Waals surface area contributed by atoms with Gasteiger partial charge in [-0.1, -0.05) is 30.3 Å². The number of hydrogen-bond acceptors (Lipinski definition) is 6. The lowest BCUT2D eigenvalue weighted by atomic mass is 10.0. The maximum absolute atomic E-state index is 12.7. The molecule has 1 fully saturated rings. The number of rotatable bonds is 5. The Labute approximate surface area is 180 Å². The van der Waals surface area contributed by atoms with Crippen LogP contribution in [0, 0.1) is 6.92 Å². The van der Waals surface area contributed by atoms with Crippen molar-refractivity contribution >= 4 is 29.2 Å². The smallest absolute Gasteiger partial charge is 0.347 e. The molecule has 0 spiro atoms. The van der Waals surface area contributed by atoms with E-state index in [9.17, 15) is 14.7 Å². The van der Waals surface area contributed by atoms with Crippen molar-refractivity contribution in [2.75, 3.05) is 26.2 Å². The van der Waals surface area contributed by atoms with Gasteiger partial charge < -0.3 is 14.8 Å². The Kier molecular flexibility index (Phi) is 6.92. The van der Waals surface area contributed by atoms with E-state index < -0.39 is 5.63 Å². The molecule has 0 amide bonds. The highest BCUT2D eigenvalue weighted by atomic mass is 35.5. The Morgan fingerprint density at radius 3 is 2.77 bits per heavy atom. The number of ketones is 1. The molecule has 3 aromatic rings. The number of aryl methyl sites for hydroxylation is 1. The quantitative estimate of drug-likeness (QED) is 0.478. The van der Waals surface area contributed by atoms with Crippen molar-refractivity contribution in [2.24, 2.45) is 0 Å². The largest absolute Gasteiger partial charge is 0.508 e. The molecule has 1 aliphatic heterocycles. The highest BCUT2D eigenvalue weighted by Crippen LogP contribution is 2.24. The van der Waals surface area contributed by atoms with Crippen molar-refractivity contribution in [1.29, 1.82) is 0 Å². The number of nitrogens with zero attached hydrogens (tertiary/aromatic N) is 1. The molecule has 1 unspecified atom stereocenters. The van der Waals surface area contributed by atoms with E-state index in [1.807, 2.05) is 18.2 Å². The fraction of sp³-hybridized carbons (Fsp3) is 0.304. The van der Waals surface area contributed by atoms with Crippen molar-refractivity contribution in [3.8, 4) is 5.75 Å². The normalized spacial score (nSPS) is 16.9. The van der Waals surface area contributed by atoms with Gasteiger partial charge in [0.2, 0.25) is 0 Å². The maximum Gasteiger partial charge on any atom is 0.347 e. The summed E-state index contributed by atoms with van der Waals surface area (Å²) in [7, 11) is 0. The van der Waals surface area contributed by atoms with Crippen molar-refractivity contribution in [3.63, 3.8) is 0 Å². The van der Waals surface area contributed by atoms with Crippen LogP contribution in [0.5, 0.6) is 5.75 Å². The first-order chi connectivity index (χ1) is 14.0. The van der Waals surface area contributed by atoms with E-state index in [1.165, 1.54) is 11.6 Å². The second-order valence-electron chi connectivity index (χ2n) is 7.51. The van der Waals surface area contributed by atoms with Crippen LogP contribution in [0.2, 0.25) is 0 Å². The molecule has 1 saturated heterocycles. The zero-order chi connectivity index (χ0) is 20.4. The predicted octanol–water partition coefficient (Wildman–Crippen LogP) is 3.45. The molecule has 158 valence electrons. The molecular formula is C23H25ClN2O4. The van der Waals surface area contributed by atoms with Gasteiger partial charge in [0.1, 0.15) is 16.9 Å². The lowest BCUT2D eigenvalue weighted by Crippen LogP contribution is -2.46. The van der Waals surface area contributed by atoms with Gasteiger partial charge in [-0.3, -0.25) is 9.69 Å². The third-order valence-electron chi connectivity index (χ3n) is 5.46. The molecule has 1 aromatic heterocycles. The number of benzene rings is 2. The van der Waals surface area contributed by atoms with Gasteiger partial charge >= 0.3 is 5.63 Å². The topological polar surface area (TPSA) is 82.8 Å². The maximum atomic E-state index is 12.7. The summed E-state index contributed by atoms with van der Waals surface area (Å²) in [5.41, 5.74) is 1.69. The lowest BCUT2D eigenvalue weighted by molar-refractivity contribution is 0.0950. The number of aromatic hydroxyl groups is 1. The summed E-state index contributed by atoms with van der Waals surface area (Å²) in [6, 6.07) is 15.1. The molecule has 7 heteroatoms. The number of Topliss-reactive ketones (excluding diaryl/α,β-unsaturated/α-hetero) is 1. The zero-order valence-electron chi connectivity index (χ0n) is 16.8. The summed E-state index contributed by atoms with van der Waals surface area (Å²) in [5.74, 6) is -0.188. The zero-order valence-corrected chi connectivity index (χ0v) is 17.6. The number of phenols is 1. The number of carbonyl (C=O) groups excluding carboxylic acids is 1. The number of piperazine rings is 1. The van der Waals surface area contributed by atoms with Crippen molar-refractivity contribution < 1.29 is 14.3 Å². The summed E-state index contributed by atoms with van der Waals surface area (Å²) in [6.45, 7) is 4.94. The highest BCUT2D eigenvalue weighted by Gasteiger charge is 2.22. The number of halogens is 1. The molecular weight excluding hydrogens is 404 g/mol. The first-order valence-corrected chi connectivity index (χ1v) is 9.82. The van der Waals surface area contributed by atoms with Gasteiger partial charge in [0.05, 0.1) is 0 Å². The van der Waals surface area contributed by atoms with Crippen molar-refractivity contribution in [3.05, 3.63) is 75.6 Å². The molecule has 0 bridgehead atoms. The van der Waals surface area contributed by atoms with E-state index >= 15 is 0 Å². The molecule has 1 atom stereocenters. The van der Waals surface area contributed by atoms with Crippen LogP contribution in [0.3, 0.4) is 0 Å². The fourth-order valence-electron chi connectivity index (χ4n) is 3.89. The molecule has 1 aliphatic rings. The Morgan fingerprint density at radius 2 is 2.00 bits per heavy atom. The second kappa shape index (κ2) is 9.43. The Balaban J connectivity index is 0.00000256. The standard InChI is InChI=1S/C23H24N2O4.ClH/c1-15-11-17(26)12-22-18(15)13-19(23(28)29-22)21(27)7-9-25-10-8-24-20(14-25)16-5-3-2-4-6-16;/h2-6,11-13,20,24,26H,7-10,14H2,1H3;1H. The van der Waals surface area contributed by atoms with E-state index in [1.54, 1.807) is 19.1 Å². The van der Waals surface area contributed by atoms with Gasteiger partial charge in [-0.05, 0) is 30.2 Å². The first-order valence-electron chi connectivity index (χ1n) is 9.82. The molecule has 0 aliphatic carbocycles. The van der Waals surface area contributed by atoms with Crippen molar-refractivity contribution in [1.82, 2.24) is 10.2 Å². The van der Waals surface area contributed by atoms with Crippen LogP contribution in [-0.4, -0.2) is 42.0 Å². The van der Waals surface area contributed by atoms with E-state index in [0.29, 0.717) is 11.9 Å². The molecule has 2 N–H and O–H groups in total. The number of hydrogen-bond donors (Lipinski definition) is 2. The summed E-state index contributed by atoms with van der Waals surface area (Å²) in [4.78, 5) is 27.3. The average Bonchev–Trinajstić information content (AvgIpc) is 2.72. The lowest BCUT2D eigenvalue weighted by Gasteiger charge is -2.33. The molecule has 2 aromatic carbocycles. The van der Waals surface area contributed by atoms with Crippen LogP contribution in [0.25, 0.3) is 11.0 Å². The molecule has 4 rings (SSSR count). The molecule has 2 heterocycles. The Bertz CT molecular complexity index is 1100. The van der Waals surface area contributed by atoms with E-state index in [-0.39, 0.29) is 47.5 Å². The van der Waals surface area contributed by atoms with E-state index in [4.69, 9.17) is 4.42 Å². The third-order valence-corrected chi connectivity index (χ3v) is 5.46. The van der Waals surface area contributed by atoms with E-state index in [2.05, 4.69) is 22.3 Å². The van der Waals surface area contributed by atoms with Crippen LogP contribution >= 0.6 is 12.4 Å². The van der Waals surface area contributed by atoms with Gasteiger partial charge in [0.25, 0.3) is 0 Å². The minimum Gasteiger partial charge on any atom is -0.508 e. The first kappa shape index (κ1) is 22.0. The van der Waals surface area contributed by atoms with Crippen LogP contribution in [0.4, 0.5) is 0 Å². The molecule has 6 nitrogen and oxygen atoms in total. The van der Waals surface area contributed by atoms with Crippen LogP contribution < -0.4 is 10.9 Å². The predicted molar refractivity (Wildman–Crippen MR) is 119 cm³/mol. The van der Waals surface area contributed by atoms with Gasteiger partial charge in [-0.15, -0.1) is 12.4 Å². The van der Waals surface area contributed by atoms with Gasteiger partial charge in [-0.2, -0.15) is 0 Å². The molecule has 30 heavy (non-hydrogen) atoms. The summed E-state index contributed by atoms with van der Waals surface area (Å²) < 4.78 is 5.28. The number of carbonyl (C=O) groups is 1. The third kappa shape index (κ3) is 4.73. The van der Waals surface area contributed by atoms with Gasteiger partial charge in [0.15, 0.2) is 5.78 Å². The van der Waals surface area contributed by atoms with E-state index in [0.717, 1.165) is 25.2 Å². The average molecular weight is 429 g/mol. The van der Waals surface area contributed by atoms with Crippen LogP contribution in [0.1, 0.15) is 33.9 Å². The molecule has 0 radical (unpaired) electrons. The number of fused-ring (bicyclic) bond motifs is 1. The SMILES string of the molecule is Cc1cc(O)cc2oc(=O)c(C(=O)CCN3CCNC(c4ccccc4)C3)cc12.Cl. The molecule has 0 saturated carbocycles. The number of phenolic OH excluding ortho intramolecular Hbond substituents is 1. The van der Waals surface area contributed by atoms with Crippen LogP contribution in [0.15, 0.2) is 57.7 Å². The number of nitrogens with one attached hydrogen (secondary N) is 1. The highest BCUT2D eigenvalue weighted by molar-refractivity contribution is 5.98. The summed E-state index contributed by atoms with van der Waals surface area (Å²) in [6.07, 6.45) is 0.259. The van der Waals surface area contributed by atoms with Gasteiger partial charge in [-0.25, -0.2) is 4.79 Å². The monoisotopic (exact) mass is 428 g/mol. The van der Waals surface area contributed by atoms with Gasteiger partial charge in [0, 0.05) is 50.1 Å². The summed E-state index contributed by atoms with van der Waals surface area (Å²) >= 11 is 0.